The maximum atomic E-state index is 5.46. The Kier molecular flexibility index (Phi) is 4.51. The Labute approximate surface area is 142 Å². The van der Waals surface area contributed by atoms with E-state index in [2.05, 4.69) is 21.6 Å². The first-order valence-electron chi connectivity index (χ1n) is 8.71. The van der Waals surface area contributed by atoms with E-state index in [-0.39, 0.29) is 0 Å². The summed E-state index contributed by atoms with van der Waals surface area (Å²) in [4.78, 5) is 0. The minimum absolute atomic E-state index is 0.298. The summed E-state index contributed by atoms with van der Waals surface area (Å²) in [6.07, 6.45) is 10.7. The number of hydrogen-bond acceptors (Lipinski definition) is 4. The van der Waals surface area contributed by atoms with Crippen LogP contribution >= 0.6 is 0 Å². The predicted molar refractivity (Wildman–Crippen MR) is 93.0 cm³/mol. The monoisotopic (exact) mass is 325 g/mol. The van der Waals surface area contributed by atoms with E-state index in [1.54, 1.807) is 5.57 Å². The SMILES string of the molecule is C1=C(CCNCc2cn[nH]c2-c2ccc3c(c2)OCO3)CCCC1. The minimum Gasteiger partial charge on any atom is -0.454 e. The van der Waals surface area contributed by atoms with E-state index in [1.165, 1.54) is 31.2 Å². The van der Waals surface area contributed by atoms with E-state index >= 15 is 0 Å². The average molecular weight is 325 g/mol. The molecule has 4 rings (SSSR count). The van der Waals surface area contributed by atoms with Gasteiger partial charge in [-0.15, -0.1) is 0 Å². The molecule has 1 aliphatic heterocycles. The van der Waals surface area contributed by atoms with Gasteiger partial charge in [0, 0.05) is 17.7 Å². The van der Waals surface area contributed by atoms with Crippen molar-refractivity contribution in [2.24, 2.45) is 0 Å². The Bertz CT molecular complexity index is 736. The summed E-state index contributed by atoms with van der Waals surface area (Å²) in [5.74, 6) is 1.60. The summed E-state index contributed by atoms with van der Waals surface area (Å²) in [5, 5.41) is 10.9. The molecule has 2 aromatic rings. The first-order valence-corrected chi connectivity index (χ1v) is 8.71. The number of aromatic amines is 1. The fourth-order valence-electron chi connectivity index (χ4n) is 3.35. The molecule has 0 unspecified atom stereocenters. The number of nitrogens with zero attached hydrogens (tertiary/aromatic N) is 1. The van der Waals surface area contributed by atoms with Crippen LogP contribution in [-0.2, 0) is 6.54 Å². The van der Waals surface area contributed by atoms with Gasteiger partial charge in [0.1, 0.15) is 0 Å². The van der Waals surface area contributed by atoms with Gasteiger partial charge in [0.05, 0.1) is 11.9 Å². The van der Waals surface area contributed by atoms with Crippen LogP contribution in [0.25, 0.3) is 11.3 Å². The molecule has 0 radical (unpaired) electrons. The highest BCUT2D eigenvalue weighted by Gasteiger charge is 2.16. The van der Waals surface area contributed by atoms with Crippen LogP contribution in [0.1, 0.15) is 37.7 Å². The lowest BCUT2D eigenvalue weighted by Gasteiger charge is -2.13. The molecule has 1 aromatic carbocycles. The summed E-state index contributed by atoms with van der Waals surface area (Å²) in [5.41, 5.74) is 4.89. The maximum absolute atomic E-state index is 5.46. The van der Waals surface area contributed by atoms with Gasteiger partial charge in [-0.3, -0.25) is 5.10 Å². The van der Waals surface area contributed by atoms with Gasteiger partial charge >= 0.3 is 0 Å². The molecule has 0 saturated carbocycles. The van der Waals surface area contributed by atoms with Gasteiger partial charge in [-0.05, 0) is 56.8 Å². The fraction of sp³-hybridized carbons (Fsp3) is 0.421. The largest absolute Gasteiger partial charge is 0.454 e. The van der Waals surface area contributed by atoms with Crippen LogP contribution in [0.4, 0.5) is 0 Å². The summed E-state index contributed by atoms with van der Waals surface area (Å²) in [7, 11) is 0. The molecular weight excluding hydrogens is 302 g/mol. The van der Waals surface area contributed by atoms with Crippen LogP contribution in [-0.4, -0.2) is 23.5 Å². The predicted octanol–water partition coefficient (Wildman–Crippen LogP) is 3.79. The van der Waals surface area contributed by atoms with Crippen LogP contribution in [0.3, 0.4) is 0 Å². The van der Waals surface area contributed by atoms with Crippen molar-refractivity contribution in [1.29, 1.82) is 0 Å². The van der Waals surface area contributed by atoms with Crippen molar-refractivity contribution < 1.29 is 9.47 Å². The summed E-state index contributed by atoms with van der Waals surface area (Å²) < 4.78 is 10.8. The first-order chi connectivity index (χ1) is 11.9. The molecule has 0 atom stereocenters. The van der Waals surface area contributed by atoms with Crippen LogP contribution in [0, 0.1) is 0 Å². The van der Waals surface area contributed by atoms with Gasteiger partial charge in [-0.1, -0.05) is 11.6 Å². The molecule has 2 N–H and O–H groups in total. The van der Waals surface area contributed by atoms with Gasteiger partial charge in [-0.2, -0.15) is 5.10 Å². The highest BCUT2D eigenvalue weighted by atomic mass is 16.7. The van der Waals surface area contributed by atoms with E-state index < -0.39 is 0 Å². The third kappa shape index (κ3) is 3.31. The second kappa shape index (κ2) is 7.09. The van der Waals surface area contributed by atoms with Crippen LogP contribution in [0.2, 0.25) is 0 Å². The van der Waals surface area contributed by atoms with Crippen molar-refractivity contribution in [3.05, 3.63) is 41.6 Å². The van der Waals surface area contributed by atoms with Crippen molar-refractivity contribution >= 4 is 0 Å². The Morgan fingerprint density at radius 3 is 3.04 bits per heavy atom. The number of benzene rings is 1. The molecule has 2 heterocycles. The number of nitrogens with one attached hydrogen (secondary N) is 2. The zero-order valence-electron chi connectivity index (χ0n) is 13.8. The van der Waals surface area contributed by atoms with Crippen molar-refractivity contribution in [3.63, 3.8) is 0 Å². The lowest BCUT2D eigenvalue weighted by Crippen LogP contribution is -2.15. The minimum atomic E-state index is 0.298. The van der Waals surface area contributed by atoms with Crippen molar-refractivity contribution in [3.8, 4) is 22.8 Å². The maximum Gasteiger partial charge on any atom is 0.231 e. The molecule has 5 nitrogen and oxygen atoms in total. The zero-order valence-corrected chi connectivity index (χ0v) is 13.8. The molecule has 0 bridgehead atoms. The Morgan fingerprint density at radius 2 is 2.12 bits per heavy atom. The van der Waals surface area contributed by atoms with Crippen LogP contribution in [0.15, 0.2) is 36.0 Å². The van der Waals surface area contributed by atoms with Crippen LogP contribution < -0.4 is 14.8 Å². The standard InChI is InChI=1S/C19H23N3O2/c1-2-4-14(5-3-1)8-9-20-11-16-12-21-22-19(16)15-6-7-17-18(10-15)24-13-23-17/h4,6-7,10,12,20H,1-3,5,8-9,11,13H2,(H,21,22). The molecule has 0 amide bonds. The highest BCUT2D eigenvalue weighted by Crippen LogP contribution is 2.36. The molecule has 5 heteroatoms. The van der Waals surface area contributed by atoms with E-state index in [4.69, 9.17) is 9.47 Å². The quantitative estimate of drug-likeness (QED) is 0.627. The first kappa shape index (κ1) is 15.3. The molecular formula is C19H23N3O2. The van der Waals surface area contributed by atoms with E-state index in [9.17, 15) is 0 Å². The lowest BCUT2D eigenvalue weighted by atomic mass is 9.97. The summed E-state index contributed by atoms with van der Waals surface area (Å²) >= 11 is 0. The fourth-order valence-corrected chi connectivity index (χ4v) is 3.35. The summed E-state index contributed by atoms with van der Waals surface area (Å²) in [6.45, 7) is 2.12. The molecule has 0 fully saturated rings. The highest BCUT2D eigenvalue weighted by molar-refractivity contribution is 5.66. The average Bonchev–Trinajstić information content (AvgIpc) is 3.28. The molecule has 24 heavy (non-hydrogen) atoms. The number of fused-ring (bicyclic) bond motifs is 1. The van der Waals surface area contributed by atoms with Gasteiger partial charge in [0.25, 0.3) is 0 Å². The third-order valence-electron chi connectivity index (χ3n) is 4.70. The Balaban J connectivity index is 1.37. The molecule has 1 aliphatic carbocycles. The molecule has 1 aromatic heterocycles. The molecule has 0 spiro atoms. The molecule has 126 valence electrons. The van der Waals surface area contributed by atoms with E-state index in [0.717, 1.165) is 42.3 Å². The number of allylic oxidation sites excluding steroid dienone is 1. The number of rotatable bonds is 6. The third-order valence-corrected chi connectivity index (χ3v) is 4.70. The van der Waals surface area contributed by atoms with Gasteiger partial charge < -0.3 is 14.8 Å². The van der Waals surface area contributed by atoms with Crippen molar-refractivity contribution in [2.75, 3.05) is 13.3 Å². The second-order valence-electron chi connectivity index (χ2n) is 6.37. The second-order valence-corrected chi connectivity index (χ2v) is 6.37. The zero-order chi connectivity index (χ0) is 16.2. The van der Waals surface area contributed by atoms with E-state index in [1.807, 2.05) is 24.4 Å². The molecule has 2 aliphatic rings. The van der Waals surface area contributed by atoms with Gasteiger partial charge in [0.15, 0.2) is 11.5 Å². The number of ether oxygens (including phenoxy) is 2. The molecule has 0 saturated heterocycles. The number of aromatic nitrogens is 2. The van der Waals surface area contributed by atoms with Crippen molar-refractivity contribution in [1.82, 2.24) is 15.5 Å². The lowest BCUT2D eigenvalue weighted by molar-refractivity contribution is 0.174. The number of hydrogen-bond donors (Lipinski definition) is 2. The van der Waals surface area contributed by atoms with Crippen LogP contribution in [0.5, 0.6) is 11.5 Å². The Hall–Kier alpha value is -2.27. The van der Waals surface area contributed by atoms with E-state index in [0.29, 0.717) is 6.79 Å². The summed E-state index contributed by atoms with van der Waals surface area (Å²) in [6, 6.07) is 5.99. The van der Waals surface area contributed by atoms with Gasteiger partial charge in [-0.25, -0.2) is 0 Å². The smallest absolute Gasteiger partial charge is 0.231 e. The Morgan fingerprint density at radius 1 is 1.17 bits per heavy atom. The van der Waals surface area contributed by atoms with Gasteiger partial charge in [0.2, 0.25) is 6.79 Å². The van der Waals surface area contributed by atoms with Crippen molar-refractivity contribution in [2.45, 2.75) is 38.6 Å². The number of H-pyrrole nitrogens is 1. The topological polar surface area (TPSA) is 59.2 Å². The normalized spacial score (nSPS) is 16.2.